The number of halogens is 3. The van der Waals surface area contributed by atoms with Crippen molar-refractivity contribution in [1.29, 1.82) is 0 Å². The number of hydrogen-bond acceptors (Lipinski definition) is 4. The van der Waals surface area contributed by atoms with Gasteiger partial charge >= 0.3 is 12.1 Å². The third-order valence-corrected chi connectivity index (χ3v) is 3.54. The van der Waals surface area contributed by atoms with Gasteiger partial charge in [0.1, 0.15) is 6.04 Å². The van der Waals surface area contributed by atoms with Crippen LogP contribution in [0.1, 0.15) is 44.4 Å². The molecule has 0 N–H and O–H groups in total. The van der Waals surface area contributed by atoms with Crippen LogP contribution >= 0.6 is 0 Å². The fourth-order valence-corrected chi connectivity index (χ4v) is 2.57. The third-order valence-electron chi connectivity index (χ3n) is 3.54. The lowest BCUT2D eigenvalue weighted by molar-refractivity contribution is -0.147. The summed E-state index contributed by atoms with van der Waals surface area (Å²) in [5.74, 6) is -0.560. The molecule has 0 spiro atoms. The van der Waals surface area contributed by atoms with E-state index in [1.165, 1.54) is 0 Å². The fourth-order valence-electron chi connectivity index (χ4n) is 2.57. The minimum Gasteiger partial charge on any atom is -0.464 e. The first kappa shape index (κ1) is 21.2. The molecule has 0 radical (unpaired) electrons. The van der Waals surface area contributed by atoms with Crippen molar-refractivity contribution in [2.45, 2.75) is 46.0 Å². The minimum atomic E-state index is -4.64. The van der Waals surface area contributed by atoms with Gasteiger partial charge in [0, 0.05) is 18.8 Å². The number of ether oxygens (including phenoxy) is 1. The van der Waals surface area contributed by atoms with E-state index in [9.17, 15) is 22.8 Å². The lowest BCUT2D eigenvalue weighted by Crippen LogP contribution is -2.34. The van der Waals surface area contributed by atoms with Crippen LogP contribution in [0.25, 0.3) is 0 Å². The van der Waals surface area contributed by atoms with Crippen LogP contribution in [-0.2, 0) is 22.3 Å². The Labute approximate surface area is 145 Å². The molecule has 1 rings (SSSR count). The number of nitrogens with zero attached hydrogens (tertiary/aromatic N) is 2. The molecule has 1 unspecified atom stereocenters. The van der Waals surface area contributed by atoms with E-state index in [1.54, 1.807) is 25.9 Å². The van der Waals surface area contributed by atoms with Gasteiger partial charge in [-0.1, -0.05) is 13.8 Å². The van der Waals surface area contributed by atoms with Gasteiger partial charge in [-0.05, 0) is 38.9 Å². The van der Waals surface area contributed by atoms with Gasteiger partial charge in [-0.3, -0.25) is 4.79 Å². The molecule has 0 bridgehead atoms. The average molecular weight is 362 g/mol. The van der Waals surface area contributed by atoms with Crippen molar-refractivity contribution >= 4 is 5.97 Å². The number of aromatic nitrogens is 1. The summed E-state index contributed by atoms with van der Waals surface area (Å²) >= 11 is 0. The molecule has 8 heteroatoms. The summed E-state index contributed by atoms with van der Waals surface area (Å²) in [6.45, 7) is 5.49. The molecule has 0 amide bonds. The van der Waals surface area contributed by atoms with Crippen LogP contribution in [0.5, 0.6) is 0 Å². The molecule has 0 saturated heterocycles. The summed E-state index contributed by atoms with van der Waals surface area (Å²) in [5, 5.41) is 0. The van der Waals surface area contributed by atoms with E-state index in [2.05, 4.69) is 0 Å². The van der Waals surface area contributed by atoms with Gasteiger partial charge in [0.05, 0.1) is 12.2 Å². The van der Waals surface area contributed by atoms with E-state index in [0.29, 0.717) is 12.5 Å². The molecule has 142 valence electrons. The molecular weight excluding hydrogens is 337 g/mol. The zero-order valence-electron chi connectivity index (χ0n) is 15.2. The SMILES string of the molecule is CCOC(=O)C(CC(C)C)n1cc(CN(C)C)c(C(F)(F)F)cc1=O. The molecule has 5 nitrogen and oxygen atoms in total. The first-order valence-corrected chi connectivity index (χ1v) is 8.11. The Kier molecular flexibility index (Phi) is 7.22. The summed E-state index contributed by atoms with van der Waals surface area (Å²) in [7, 11) is 3.26. The van der Waals surface area contributed by atoms with Crippen LogP contribution in [0.15, 0.2) is 17.1 Å². The number of rotatable bonds is 7. The second kappa shape index (κ2) is 8.51. The predicted molar refractivity (Wildman–Crippen MR) is 88.2 cm³/mol. The maximum Gasteiger partial charge on any atom is 0.416 e. The average Bonchev–Trinajstić information content (AvgIpc) is 2.45. The zero-order chi connectivity index (χ0) is 19.4. The van der Waals surface area contributed by atoms with Crippen LogP contribution in [0.3, 0.4) is 0 Å². The standard InChI is InChI=1S/C17H25F3N2O3/c1-6-25-16(24)14(7-11(2)3)22-10-12(9-21(4)5)13(8-15(22)23)17(18,19)20/h8,10-11,14H,6-7,9H2,1-5H3. The zero-order valence-corrected chi connectivity index (χ0v) is 15.2. The molecule has 0 aliphatic heterocycles. The van der Waals surface area contributed by atoms with Crippen LogP contribution in [0.2, 0.25) is 0 Å². The van der Waals surface area contributed by atoms with Gasteiger partial charge in [-0.15, -0.1) is 0 Å². The van der Waals surface area contributed by atoms with Gasteiger partial charge in [0.25, 0.3) is 5.56 Å². The maximum atomic E-state index is 13.2. The van der Waals surface area contributed by atoms with Crippen molar-refractivity contribution in [2.24, 2.45) is 5.92 Å². The third kappa shape index (κ3) is 5.88. The quantitative estimate of drug-likeness (QED) is 0.700. The molecule has 0 saturated carbocycles. The molecule has 0 aliphatic rings. The summed E-state index contributed by atoms with van der Waals surface area (Å²) in [5.41, 5.74) is -1.90. The van der Waals surface area contributed by atoms with E-state index in [0.717, 1.165) is 10.8 Å². The van der Waals surface area contributed by atoms with Crippen LogP contribution in [0.4, 0.5) is 13.2 Å². The highest BCUT2D eigenvalue weighted by Gasteiger charge is 2.35. The molecule has 1 aromatic heterocycles. The Balaban J connectivity index is 3.50. The van der Waals surface area contributed by atoms with Gasteiger partial charge in [0.15, 0.2) is 0 Å². The van der Waals surface area contributed by atoms with Crippen LogP contribution in [-0.4, -0.2) is 36.1 Å². The summed E-state index contributed by atoms with van der Waals surface area (Å²) in [6.07, 6.45) is -3.21. The van der Waals surface area contributed by atoms with E-state index < -0.39 is 29.3 Å². The molecular formula is C17H25F3N2O3. The summed E-state index contributed by atoms with van der Waals surface area (Å²) in [6, 6.07) is -0.388. The number of carbonyl (C=O) groups excluding carboxylic acids is 1. The number of pyridine rings is 1. The first-order chi connectivity index (χ1) is 11.5. The monoisotopic (exact) mass is 362 g/mol. The molecule has 0 fully saturated rings. The highest BCUT2D eigenvalue weighted by Crippen LogP contribution is 2.32. The van der Waals surface area contributed by atoms with E-state index in [4.69, 9.17) is 4.74 Å². The van der Waals surface area contributed by atoms with Crippen molar-refractivity contribution in [3.8, 4) is 0 Å². The molecule has 25 heavy (non-hydrogen) atoms. The van der Waals surface area contributed by atoms with E-state index in [-0.39, 0.29) is 24.6 Å². The minimum absolute atomic E-state index is 0.00759. The lowest BCUT2D eigenvalue weighted by atomic mass is 10.0. The smallest absolute Gasteiger partial charge is 0.416 e. The first-order valence-electron chi connectivity index (χ1n) is 8.11. The van der Waals surface area contributed by atoms with Crippen LogP contribution in [0, 0.1) is 5.92 Å². The molecule has 0 aliphatic carbocycles. The second-order valence-corrected chi connectivity index (χ2v) is 6.59. The van der Waals surface area contributed by atoms with Crippen molar-refractivity contribution < 1.29 is 22.7 Å². The van der Waals surface area contributed by atoms with Gasteiger partial charge < -0.3 is 14.2 Å². The maximum absolute atomic E-state index is 13.2. The number of alkyl halides is 3. The lowest BCUT2D eigenvalue weighted by Gasteiger charge is -2.23. The molecule has 1 aromatic rings. The fraction of sp³-hybridized carbons (Fsp3) is 0.647. The Morgan fingerprint density at radius 3 is 2.36 bits per heavy atom. The number of carbonyl (C=O) groups is 1. The highest BCUT2D eigenvalue weighted by atomic mass is 19.4. The Bertz CT molecular complexity index is 652. The Hall–Kier alpha value is -1.83. The topological polar surface area (TPSA) is 51.5 Å². The van der Waals surface area contributed by atoms with Gasteiger partial charge in [-0.25, -0.2) is 4.79 Å². The van der Waals surface area contributed by atoms with Crippen molar-refractivity contribution in [3.63, 3.8) is 0 Å². The van der Waals surface area contributed by atoms with Gasteiger partial charge in [0.2, 0.25) is 0 Å². The summed E-state index contributed by atoms with van der Waals surface area (Å²) < 4.78 is 45.8. The summed E-state index contributed by atoms with van der Waals surface area (Å²) in [4.78, 5) is 26.1. The predicted octanol–water partition coefficient (Wildman–Crippen LogP) is 3.08. The second-order valence-electron chi connectivity index (χ2n) is 6.59. The highest BCUT2D eigenvalue weighted by molar-refractivity contribution is 5.74. The largest absolute Gasteiger partial charge is 0.464 e. The van der Waals surface area contributed by atoms with E-state index >= 15 is 0 Å². The number of hydrogen-bond donors (Lipinski definition) is 0. The molecule has 0 aromatic carbocycles. The normalized spacial score (nSPS) is 13.4. The molecule has 1 atom stereocenters. The molecule has 1 heterocycles. The van der Waals surface area contributed by atoms with Crippen molar-refractivity contribution in [2.75, 3.05) is 20.7 Å². The Morgan fingerprint density at radius 2 is 1.92 bits per heavy atom. The van der Waals surface area contributed by atoms with Crippen molar-refractivity contribution in [3.05, 3.63) is 33.7 Å². The Morgan fingerprint density at radius 1 is 1.32 bits per heavy atom. The number of esters is 1. The van der Waals surface area contributed by atoms with Crippen molar-refractivity contribution in [1.82, 2.24) is 9.47 Å². The van der Waals surface area contributed by atoms with Crippen LogP contribution < -0.4 is 5.56 Å². The van der Waals surface area contributed by atoms with E-state index in [1.807, 2.05) is 13.8 Å². The van der Waals surface area contributed by atoms with Gasteiger partial charge in [-0.2, -0.15) is 13.2 Å².